The van der Waals surface area contributed by atoms with E-state index >= 15 is 0 Å². The highest BCUT2D eigenvalue weighted by molar-refractivity contribution is 6.04. The van der Waals surface area contributed by atoms with E-state index in [0.717, 1.165) is 32.5 Å². The molecule has 1 saturated heterocycles. The molecule has 2 aliphatic rings. The van der Waals surface area contributed by atoms with Crippen molar-refractivity contribution >= 4 is 17.3 Å². The second-order valence-corrected chi connectivity index (χ2v) is 8.57. The maximum absolute atomic E-state index is 13.8. The third-order valence-electron chi connectivity index (χ3n) is 5.99. The molecule has 1 amide bonds. The maximum Gasteiger partial charge on any atom is 0.260 e. The molecule has 1 aromatic carbocycles. The smallest absolute Gasteiger partial charge is 0.260 e. The lowest BCUT2D eigenvalue weighted by Crippen LogP contribution is -2.44. The van der Waals surface area contributed by atoms with Crippen LogP contribution in [0.2, 0.25) is 0 Å². The number of benzene rings is 1. The highest BCUT2D eigenvalue weighted by Crippen LogP contribution is 2.44. The van der Waals surface area contributed by atoms with Crippen molar-refractivity contribution in [1.29, 1.82) is 0 Å². The van der Waals surface area contributed by atoms with Crippen molar-refractivity contribution in [3.63, 3.8) is 0 Å². The first kappa shape index (κ1) is 18.9. The topological polar surface area (TPSA) is 48.5 Å². The summed E-state index contributed by atoms with van der Waals surface area (Å²) in [6.07, 6.45) is 3.62. The zero-order valence-corrected chi connectivity index (χ0v) is 16.7. The average Bonchev–Trinajstić information content (AvgIpc) is 2.93. The number of likely N-dealkylation sites (tertiary alicyclic amines) is 1. The molecule has 0 saturated carbocycles. The van der Waals surface area contributed by atoms with Gasteiger partial charge in [-0.3, -0.25) is 4.79 Å². The first-order chi connectivity index (χ1) is 13.3. The summed E-state index contributed by atoms with van der Waals surface area (Å²) in [7, 11) is 2.17. The molecule has 2 aromatic rings. The molecule has 4 rings (SSSR count). The van der Waals surface area contributed by atoms with E-state index in [0.29, 0.717) is 11.7 Å². The Labute approximate surface area is 165 Å². The van der Waals surface area contributed by atoms with Gasteiger partial charge in [-0.05, 0) is 62.8 Å². The molecule has 148 valence electrons. The number of halogens is 1. The number of nitrogens with one attached hydrogen (secondary N) is 1. The molecule has 0 atom stereocenters. The van der Waals surface area contributed by atoms with E-state index in [1.54, 1.807) is 6.07 Å². The van der Waals surface area contributed by atoms with Gasteiger partial charge in [0.2, 0.25) is 5.95 Å². The van der Waals surface area contributed by atoms with Gasteiger partial charge in [-0.25, -0.2) is 4.98 Å². The zero-order chi connectivity index (χ0) is 19.9. The number of hydrogen-bond donors (Lipinski definition) is 1. The highest BCUT2D eigenvalue weighted by Gasteiger charge is 2.38. The lowest BCUT2D eigenvalue weighted by Gasteiger charge is -2.37. The fraction of sp³-hybridized carbons (Fsp3) is 0.455. The van der Waals surface area contributed by atoms with E-state index in [-0.39, 0.29) is 11.0 Å². The van der Waals surface area contributed by atoms with Gasteiger partial charge in [0.1, 0.15) is 0 Å². The van der Waals surface area contributed by atoms with Crippen molar-refractivity contribution in [3.8, 4) is 0 Å². The first-order valence-electron chi connectivity index (χ1n) is 9.87. The molecule has 0 radical (unpaired) electrons. The summed E-state index contributed by atoms with van der Waals surface area (Å²) in [5, 5.41) is 2.83. The van der Waals surface area contributed by atoms with Crippen molar-refractivity contribution in [2.45, 2.75) is 38.1 Å². The molecule has 2 aliphatic heterocycles. The van der Waals surface area contributed by atoms with Crippen LogP contribution in [0.1, 0.15) is 42.6 Å². The number of fused-ring (bicyclic) bond motifs is 1. The largest absolute Gasteiger partial charge is 0.367 e. The van der Waals surface area contributed by atoms with Gasteiger partial charge < -0.3 is 15.1 Å². The Morgan fingerprint density at radius 2 is 2.00 bits per heavy atom. The minimum absolute atomic E-state index is 0.0458. The fourth-order valence-electron chi connectivity index (χ4n) is 4.40. The molecule has 0 aliphatic carbocycles. The second-order valence-electron chi connectivity index (χ2n) is 8.57. The number of rotatable bonds is 3. The summed E-state index contributed by atoms with van der Waals surface area (Å²) < 4.78 is 13.8. The van der Waals surface area contributed by atoms with E-state index < -0.39 is 11.9 Å². The molecule has 1 aromatic heterocycles. The number of carbonyl (C=O) groups is 1. The number of anilines is 2. The van der Waals surface area contributed by atoms with Crippen LogP contribution in [0.4, 0.5) is 15.8 Å². The summed E-state index contributed by atoms with van der Waals surface area (Å²) in [5.74, 6) is -1.23. The van der Waals surface area contributed by atoms with Crippen molar-refractivity contribution < 1.29 is 9.18 Å². The highest BCUT2D eigenvalue weighted by atomic mass is 19.1. The van der Waals surface area contributed by atoms with E-state index in [9.17, 15) is 9.18 Å². The molecule has 28 heavy (non-hydrogen) atoms. The molecule has 6 heteroatoms. The van der Waals surface area contributed by atoms with Crippen LogP contribution in [0.3, 0.4) is 0 Å². The number of nitrogens with zero attached hydrogens (tertiary/aromatic N) is 3. The SMILES string of the molecule is CN1CCC(N2CC(C)(C)c3ccc(NC(=O)c4cccnc4F)cc32)CC1. The molecule has 0 spiro atoms. The maximum atomic E-state index is 13.8. The van der Waals surface area contributed by atoms with Crippen molar-refractivity contribution in [3.05, 3.63) is 53.6 Å². The molecule has 1 N–H and O–H groups in total. The Balaban J connectivity index is 1.60. The van der Waals surface area contributed by atoms with Gasteiger partial charge in [-0.2, -0.15) is 4.39 Å². The van der Waals surface area contributed by atoms with Crippen LogP contribution in [-0.2, 0) is 5.41 Å². The third kappa shape index (κ3) is 3.49. The van der Waals surface area contributed by atoms with Crippen LogP contribution in [0, 0.1) is 5.95 Å². The lowest BCUT2D eigenvalue weighted by atomic mass is 9.87. The van der Waals surface area contributed by atoms with Crippen LogP contribution in [0.15, 0.2) is 36.5 Å². The van der Waals surface area contributed by atoms with Crippen molar-refractivity contribution in [1.82, 2.24) is 9.88 Å². The summed E-state index contributed by atoms with van der Waals surface area (Å²) in [4.78, 5) is 20.9. The normalized spacial score (nSPS) is 19.5. The monoisotopic (exact) mass is 382 g/mol. The Morgan fingerprint density at radius 3 is 2.71 bits per heavy atom. The summed E-state index contributed by atoms with van der Waals surface area (Å²) in [5.41, 5.74) is 3.19. The second kappa shape index (κ2) is 7.17. The van der Waals surface area contributed by atoms with Crippen LogP contribution >= 0.6 is 0 Å². The standard InChI is InChI=1S/C22H27FN4O/c1-22(2)14-27(16-8-11-26(3)12-9-16)19-13-15(6-7-18(19)22)25-21(28)17-5-4-10-24-20(17)23/h4-7,10,13,16H,8-9,11-12,14H2,1-3H3,(H,25,28). The van der Waals surface area contributed by atoms with Crippen LogP contribution in [0.25, 0.3) is 0 Å². The summed E-state index contributed by atoms with van der Waals surface area (Å²) >= 11 is 0. The van der Waals surface area contributed by atoms with Crippen molar-refractivity contribution in [2.24, 2.45) is 0 Å². The number of piperidine rings is 1. The summed E-state index contributed by atoms with van der Waals surface area (Å²) in [6.45, 7) is 7.72. The molecule has 0 bridgehead atoms. The lowest BCUT2D eigenvalue weighted by molar-refractivity contribution is 0.102. The quantitative estimate of drug-likeness (QED) is 0.823. The molecule has 1 fully saturated rings. The Kier molecular flexibility index (Phi) is 4.83. The van der Waals surface area contributed by atoms with Crippen LogP contribution < -0.4 is 10.2 Å². The fourth-order valence-corrected chi connectivity index (χ4v) is 4.40. The number of carbonyl (C=O) groups excluding carboxylic acids is 1. The number of hydrogen-bond acceptors (Lipinski definition) is 4. The van der Waals surface area contributed by atoms with Gasteiger partial charge in [0.15, 0.2) is 0 Å². The minimum atomic E-state index is -0.754. The van der Waals surface area contributed by atoms with Crippen LogP contribution in [0.5, 0.6) is 0 Å². The first-order valence-corrected chi connectivity index (χ1v) is 9.87. The average molecular weight is 382 g/mol. The third-order valence-corrected chi connectivity index (χ3v) is 5.99. The Morgan fingerprint density at radius 1 is 1.25 bits per heavy atom. The zero-order valence-electron chi connectivity index (χ0n) is 16.7. The Bertz CT molecular complexity index is 890. The predicted octanol–water partition coefficient (Wildman–Crippen LogP) is 3.66. The van der Waals surface area contributed by atoms with E-state index in [1.807, 2.05) is 12.1 Å². The van der Waals surface area contributed by atoms with E-state index in [2.05, 4.69) is 47.1 Å². The van der Waals surface area contributed by atoms with Crippen LogP contribution in [-0.4, -0.2) is 48.5 Å². The van der Waals surface area contributed by atoms with Gasteiger partial charge in [-0.15, -0.1) is 0 Å². The number of pyridine rings is 1. The minimum Gasteiger partial charge on any atom is -0.367 e. The molecule has 5 nitrogen and oxygen atoms in total. The van der Waals surface area contributed by atoms with Crippen molar-refractivity contribution in [2.75, 3.05) is 36.9 Å². The van der Waals surface area contributed by atoms with E-state index in [1.165, 1.54) is 23.5 Å². The molecule has 3 heterocycles. The number of aromatic nitrogens is 1. The summed E-state index contributed by atoms with van der Waals surface area (Å²) in [6, 6.07) is 9.56. The van der Waals surface area contributed by atoms with Gasteiger partial charge in [0, 0.05) is 35.6 Å². The van der Waals surface area contributed by atoms with Gasteiger partial charge in [0.05, 0.1) is 5.56 Å². The number of amides is 1. The van der Waals surface area contributed by atoms with Gasteiger partial charge in [-0.1, -0.05) is 19.9 Å². The molecular formula is C22H27FN4O. The Hall–Kier alpha value is -2.47. The molecule has 0 unspecified atom stereocenters. The van der Waals surface area contributed by atoms with Gasteiger partial charge in [0.25, 0.3) is 5.91 Å². The molecular weight excluding hydrogens is 355 g/mol. The predicted molar refractivity (Wildman–Crippen MR) is 109 cm³/mol. The van der Waals surface area contributed by atoms with Gasteiger partial charge >= 0.3 is 0 Å². The van der Waals surface area contributed by atoms with E-state index in [4.69, 9.17) is 0 Å².